The average Bonchev–Trinajstić information content (AvgIpc) is 2.60. The van der Waals surface area contributed by atoms with Crippen LogP contribution in [0.3, 0.4) is 0 Å². The van der Waals surface area contributed by atoms with Crippen molar-refractivity contribution in [3.63, 3.8) is 0 Å². The van der Waals surface area contributed by atoms with Gasteiger partial charge in [-0.05, 0) is 46.7 Å². The highest BCUT2D eigenvalue weighted by molar-refractivity contribution is 6.06. The predicted octanol–water partition coefficient (Wildman–Crippen LogP) is 2.93. The van der Waals surface area contributed by atoms with Crippen molar-refractivity contribution in [3.05, 3.63) is 71.5 Å². The van der Waals surface area contributed by atoms with Crippen molar-refractivity contribution in [1.82, 2.24) is 0 Å². The number of halogens is 1. The quantitative estimate of drug-likeness (QED) is 0.556. The fourth-order valence-corrected chi connectivity index (χ4v) is 2.62. The summed E-state index contributed by atoms with van der Waals surface area (Å²) in [5.41, 5.74) is 12.0. The van der Waals surface area contributed by atoms with Gasteiger partial charge in [-0.3, -0.25) is 4.79 Å². The molecule has 3 rings (SSSR count). The minimum atomic E-state index is -0.581. The van der Waals surface area contributed by atoms with Crippen LogP contribution < -0.4 is 11.5 Å². The maximum absolute atomic E-state index is 14.3. The molecule has 122 valence electrons. The van der Waals surface area contributed by atoms with Crippen LogP contribution in [0.25, 0.3) is 21.9 Å². The molecule has 0 atom stereocenters. The molecular weight excluding hydrogens is 319 g/mol. The molecule has 6 heteroatoms. The van der Waals surface area contributed by atoms with E-state index in [1.807, 2.05) is 12.1 Å². The fraction of sp³-hybridized carbons (Fsp3) is 0. The van der Waals surface area contributed by atoms with Gasteiger partial charge in [-0.25, -0.2) is 4.39 Å². The van der Waals surface area contributed by atoms with Crippen LogP contribution in [0.5, 0.6) is 0 Å². The Morgan fingerprint density at radius 3 is 2.56 bits per heavy atom. The summed E-state index contributed by atoms with van der Waals surface area (Å²) in [6.45, 7) is 0. The number of nitriles is 1. The molecule has 0 aliphatic rings. The average molecular weight is 332 g/mol. The van der Waals surface area contributed by atoms with Gasteiger partial charge in [-0.15, -0.1) is 0 Å². The fourth-order valence-electron chi connectivity index (χ4n) is 2.62. The summed E-state index contributed by atoms with van der Waals surface area (Å²) in [6, 6.07) is 16.5. The van der Waals surface area contributed by atoms with E-state index in [0.717, 1.165) is 5.39 Å². The van der Waals surface area contributed by atoms with Crippen LogP contribution in [0.4, 0.5) is 4.39 Å². The summed E-state index contributed by atoms with van der Waals surface area (Å²) < 4.78 is 14.3. The number of fused-ring (bicyclic) bond motifs is 1. The number of carbonyl (C=O) groups excluding carboxylic acids is 1. The molecule has 3 aromatic rings. The predicted molar refractivity (Wildman–Crippen MR) is 94.2 cm³/mol. The van der Waals surface area contributed by atoms with Crippen LogP contribution in [0, 0.1) is 17.1 Å². The lowest BCUT2D eigenvalue weighted by atomic mass is 9.95. The van der Waals surface area contributed by atoms with Crippen molar-refractivity contribution < 1.29 is 9.18 Å². The molecule has 4 N–H and O–H groups in total. The van der Waals surface area contributed by atoms with Gasteiger partial charge in [0.05, 0.1) is 11.6 Å². The Hall–Kier alpha value is -3.72. The van der Waals surface area contributed by atoms with Gasteiger partial charge >= 0.3 is 0 Å². The first-order valence-electron chi connectivity index (χ1n) is 7.36. The van der Waals surface area contributed by atoms with Gasteiger partial charge in [0.15, 0.2) is 5.96 Å². The van der Waals surface area contributed by atoms with E-state index < -0.39 is 11.7 Å². The Bertz CT molecular complexity index is 1060. The summed E-state index contributed by atoms with van der Waals surface area (Å²) in [7, 11) is 0. The number of aliphatic imine (C=N–C) groups is 1. The minimum absolute atomic E-state index is 0.283. The number of benzene rings is 3. The first kappa shape index (κ1) is 16.1. The lowest BCUT2D eigenvalue weighted by Gasteiger charge is -2.09. The normalized spacial score (nSPS) is 10.2. The van der Waals surface area contributed by atoms with Gasteiger partial charge in [0.2, 0.25) is 0 Å². The van der Waals surface area contributed by atoms with E-state index >= 15 is 0 Å². The van der Waals surface area contributed by atoms with E-state index in [-0.39, 0.29) is 17.1 Å². The Balaban J connectivity index is 2.25. The van der Waals surface area contributed by atoms with Gasteiger partial charge in [0, 0.05) is 11.1 Å². The molecule has 0 spiro atoms. The molecule has 0 aromatic heterocycles. The molecule has 0 radical (unpaired) electrons. The molecule has 0 fully saturated rings. The first-order valence-corrected chi connectivity index (χ1v) is 7.36. The number of rotatable bonds is 2. The molecule has 1 amide bonds. The second-order valence-electron chi connectivity index (χ2n) is 5.39. The van der Waals surface area contributed by atoms with Crippen LogP contribution >= 0.6 is 0 Å². The van der Waals surface area contributed by atoms with Gasteiger partial charge < -0.3 is 11.5 Å². The second-order valence-corrected chi connectivity index (χ2v) is 5.39. The summed E-state index contributed by atoms with van der Waals surface area (Å²) in [4.78, 5) is 15.6. The van der Waals surface area contributed by atoms with E-state index in [4.69, 9.17) is 16.7 Å². The van der Waals surface area contributed by atoms with Gasteiger partial charge in [0.25, 0.3) is 5.91 Å². The second kappa shape index (κ2) is 6.42. The molecule has 0 bridgehead atoms. The Labute approximate surface area is 143 Å². The van der Waals surface area contributed by atoms with E-state index in [2.05, 4.69) is 4.99 Å². The molecule has 0 saturated heterocycles. The smallest absolute Gasteiger partial charge is 0.280 e. The van der Waals surface area contributed by atoms with Crippen LogP contribution in [-0.4, -0.2) is 11.9 Å². The molecule has 0 aliphatic heterocycles. The molecule has 25 heavy (non-hydrogen) atoms. The molecule has 3 aromatic carbocycles. The maximum Gasteiger partial charge on any atom is 0.280 e. The Kier molecular flexibility index (Phi) is 4.14. The number of amides is 1. The van der Waals surface area contributed by atoms with E-state index in [0.29, 0.717) is 16.5 Å². The standard InChI is InChI=1S/C19H13FN4O/c20-17-7-4-11(10-21)8-16(17)14-3-1-2-12-5-6-13(9-15(12)14)18(25)24-19(22)23/h1-9H,(H4,22,23,24,25). The number of nitrogens with zero attached hydrogens (tertiary/aromatic N) is 2. The molecule has 5 nitrogen and oxygen atoms in total. The third kappa shape index (κ3) is 3.16. The number of nitrogens with two attached hydrogens (primary N) is 2. The molecular formula is C19H13FN4O. The van der Waals surface area contributed by atoms with Crippen molar-refractivity contribution in [2.45, 2.75) is 0 Å². The van der Waals surface area contributed by atoms with Gasteiger partial charge in [-0.2, -0.15) is 10.3 Å². The van der Waals surface area contributed by atoms with Crippen LogP contribution in [-0.2, 0) is 0 Å². The minimum Gasteiger partial charge on any atom is -0.370 e. The SMILES string of the molecule is N#Cc1ccc(F)c(-c2cccc3ccc(C(=O)N=C(N)N)cc23)c1. The zero-order valence-corrected chi connectivity index (χ0v) is 13.0. The Morgan fingerprint density at radius 2 is 1.84 bits per heavy atom. The number of hydrogen-bond acceptors (Lipinski definition) is 2. The zero-order chi connectivity index (χ0) is 18.0. The molecule has 0 aliphatic carbocycles. The monoisotopic (exact) mass is 332 g/mol. The van der Waals surface area contributed by atoms with Crippen molar-refractivity contribution in [3.8, 4) is 17.2 Å². The van der Waals surface area contributed by atoms with E-state index in [1.54, 1.807) is 30.3 Å². The maximum atomic E-state index is 14.3. The largest absolute Gasteiger partial charge is 0.370 e. The van der Waals surface area contributed by atoms with Crippen molar-refractivity contribution in [2.24, 2.45) is 16.5 Å². The third-order valence-electron chi connectivity index (χ3n) is 3.75. The van der Waals surface area contributed by atoms with Crippen molar-refractivity contribution >= 4 is 22.6 Å². The van der Waals surface area contributed by atoms with Crippen molar-refractivity contribution in [1.29, 1.82) is 5.26 Å². The van der Waals surface area contributed by atoms with Gasteiger partial charge in [-0.1, -0.05) is 24.3 Å². The van der Waals surface area contributed by atoms with Crippen molar-refractivity contribution in [2.75, 3.05) is 0 Å². The zero-order valence-electron chi connectivity index (χ0n) is 13.0. The highest BCUT2D eigenvalue weighted by Gasteiger charge is 2.12. The van der Waals surface area contributed by atoms with Crippen LogP contribution in [0.1, 0.15) is 15.9 Å². The number of carbonyl (C=O) groups is 1. The summed E-state index contributed by atoms with van der Waals surface area (Å²) in [6.07, 6.45) is 0. The first-order chi connectivity index (χ1) is 12.0. The summed E-state index contributed by atoms with van der Waals surface area (Å²) >= 11 is 0. The van der Waals surface area contributed by atoms with Gasteiger partial charge in [0.1, 0.15) is 5.82 Å². The Morgan fingerprint density at radius 1 is 1.04 bits per heavy atom. The molecule has 0 heterocycles. The molecule has 0 unspecified atom stereocenters. The van der Waals surface area contributed by atoms with Crippen LogP contribution in [0.2, 0.25) is 0 Å². The topological polar surface area (TPSA) is 105 Å². The van der Waals surface area contributed by atoms with Crippen LogP contribution in [0.15, 0.2) is 59.6 Å². The highest BCUT2D eigenvalue weighted by Crippen LogP contribution is 2.32. The molecule has 0 saturated carbocycles. The lowest BCUT2D eigenvalue weighted by Crippen LogP contribution is -2.24. The van der Waals surface area contributed by atoms with E-state index in [1.165, 1.54) is 18.2 Å². The lowest BCUT2D eigenvalue weighted by molar-refractivity contribution is 0.100. The third-order valence-corrected chi connectivity index (χ3v) is 3.75. The number of guanidine groups is 1. The van der Waals surface area contributed by atoms with E-state index in [9.17, 15) is 9.18 Å². The summed E-state index contributed by atoms with van der Waals surface area (Å²) in [5, 5.41) is 10.5. The highest BCUT2D eigenvalue weighted by atomic mass is 19.1. The summed E-state index contributed by atoms with van der Waals surface area (Å²) in [5.74, 6) is -1.36. The number of hydrogen-bond donors (Lipinski definition) is 2.